The molecule has 1 heterocycles. The van der Waals surface area contributed by atoms with Crippen LogP contribution < -0.4 is 19.7 Å². The van der Waals surface area contributed by atoms with E-state index in [0.29, 0.717) is 34.4 Å². The van der Waals surface area contributed by atoms with Gasteiger partial charge in [-0.25, -0.2) is 9.69 Å². The van der Waals surface area contributed by atoms with Gasteiger partial charge in [-0.1, -0.05) is 48.0 Å². The van der Waals surface area contributed by atoms with Crippen LogP contribution in [0.2, 0.25) is 5.02 Å². The van der Waals surface area contributed by atoms with Gasteiger partial charge in [0.15, 0.2) is 0 Å². The number of rotatable bonds is 7. The van der Waals surface area contributed by atoms with Crippen LogP contribution in [0.1, 0.15) is 18.1 Å². The fraction of sp³-hybridized carbons (Fsp3) is 0.115. The summed E-state index contributed by atoms with van der Waals surface area (Å²) in [6.07, 6.45) is 1.41. The van der Waals surface area contributed by atoms with Crippen molar-refractivity contribution in [1.29, 1.82) is 0 Å². The van der Waals surface area contributed by atoms with E-state index in [4.69, 9.17) is 21.1 Å². The number of imide groups is 2. The quantitative estimate of drug-likeness (QED) is 0.384. The largest absolute Gasteiger partial charge is 0.494 e. The Hall–Kier alpha value is -4.10. The molecular weight excluding hydrogens is 456 g/mol. The lowest BCUT2D eigenvalue weighted by Crippen LogP contribution is -2.54. The number of hydrogen-bond donors (Lipinski definition) is 1. The summed E-state index contributed by atoms with van der Waals surface area (Å²) in [4.78, 5) is 39.1. The first-order chi connectivity index (χ1) is 16.5. The summed E-state index contributed by atoms with van der Waals surface area (Å²) in [5, 5.41) is 2.80. The van der Waals surface area contributed by atoms with Gasteiger partial charge < -0.3 is 9.47 Å². The van der Waals surface area contributed by atoms with E-state index in [1.807, 2.05) is 25.1 Å². The number of barbiturate groups is 1. The third-order valence-electron chi connectivity index (χ3n) is 5.07. The van der Waals surface area contributed by atoms with Crippen LogP contribution in [0.25, 0.3) is 6.08 Å². The van der Waals surface area contributed by atoms with Gasteiger partial charge in [-0.3, -0.25) is 14.9 Å². The van der Waals surface area contributed by atoms with Gasteiger partial charge in [-0.15, -0.1) is 0 Å². The predicted molar refractivity (Wildman–Crippen MR) is 129 cm³/mol. The van der Waals surface area contributed by atoms with E-state index >= 15 is 0 Å². The maximum absolute atomic E-state index is 13.2. The lowest BCUT2D eigenvalue weighted by atomic mass is 10.1. The monoisotopic (exact) mass is 476 g/mol. The van der Waals surface area contributed by atoms with E-state index in [2.05, 4.69) is 5.32 Å². The maximum Gasteiger partial charge on any atom is 0.335 e. The highest BCUT2D eigenvalue weighted by Gasteiger charge is 2.37. The zero-order valence-corrected chi connectivity index (χ0v) is 19.0. The minimum absolute atomic E-state index is 0.192. The van der Waals surface area contributed by atoms with Crippen molar-refractivity contribution >= 4 is 41.2 Å². The van der Waals surface area contributed by atoms with Crippen LogP contribution in [0, 0.1) is 0 Å². The Morgan fingerprint density at radius 2 is 1.62 bits per heavy atom. The molecule has 1 N–H and O–H groups in total. The number of anilines is 1. The second-order valence-electron chi connectivity index (χ2n) is 7.30. The van der Waals surface area contributed by atoms with Gasteiger partial charge >= 0.3 is 6.03 Å². The number of carbonyl (C=O) groups is 3. The number of carbonyl (C=O) groups excluding carboxylic acids is 3. The lowest BCUT2D eigenvalue weighted by Gasteiger charge is -2.26. The van der Waals surface area contributed by atoms with Crippen LogP contribution in [-0.2, 0) is 16.2 Å². The number of nitrogens with one attached hydrogen (secondary N) is 1. The molecule has 8 heteroatoms. The molecule has 7 nitrogen and oxygen atoms in total. The van der Waals surface area contributed by atoms with E-state index in [1.165, 1.54) is 6.08 Å². The van der Waals surface area contributed by atoms with Crippen LogP contribution in [0.3, 0.4) is 0 Å². The van der Waals surface area contributed by atoms with Gasteiger partial charge in [-0.05, 0) is 49.4 Å². The van der Waals surface area contributed by atoms with Crippen molar-refractivity contribution in [3.63, 3.8) is 0 Å². The molecule has 0 atom stereocenters. The van der Waals surface area contributed by atoms with Gasteiger partial charge in [-0.2, -0.15) is 0 Å². The summed E-state index contributed by atoms with van der Waals surface area (Å²) >= 11 is 6.20. The van der Waals surface area contributed by atoms with Crippen molar-refractivity contribution in [2.45, 2.75) is 13.5 Å². The number of hydrogen-bond acceptors (Lipinski definition) is 5. The Morgan fingerprint density at radius 3 is 2.35 bits per heavy atom. The third-order valence-corrected chi connectivity index (χ3v) is 5.44. The second kappa shape index (κ2) is 10.2. The molecule has 1 saturated heterocycles. The Balaban J connectivity index is 1.62. The van der Waals surface area contributed by atoms with Crippen LogP contribution >= 0.6 is 11.6 Å². The molecule has 0 aromatic heterocycles. The zero-order chi connectivity index (χ0) is 24.1. The van der Waals surface area contributed by atoms with Gasteiger partial charge in [0.1, 0.15) is 23.7 Å². The fourth-order valence-electron chi connectivity index (χ4n) is 3.41. The molecule has 1 fully saturated rings. The third kappa shape index (κ3) is 4.94. The molecule has 0 spiro atoms. The zero-order valence-electron chi connectivity index (χ0n) is 18.3. The molecule has 0 bridgehead atoms. The standard InChI is InChI=1S/C26H21ClN2O5/c1-2-33-20-13-11-19(12-14-20)29-25(31)21(24(30)28-26(29)32)15-17-7-4-6-10-23(17)34-16-18-8-3-5-9-22(18)27/h3-15H,2,16H2,1H3,(H,28,30,32)/b21-15+. The first-order valence-corrected chi connectivity index (χ1v) is 10.9. The molecule has 4 rings (SSSR count). The highest BCUT2D eigenvalue weighted by atomic mass is 35.5. The van der Waals surface area contributed by atoms with Gasteiger partial charge in [0, 0.05) is 16.1 Å². The van der Waals surface area contributed by atoms with Crippen LogP contribution in [0.5, 0.6) is 11.5 Å². The first-order valence-electron chi connectivity index (χ1n) is 10.6. The van der Waals surface area contributed by atoms with Crippen molar-refractivity contribution < 1.29 is 23.9 Å². The summed E-state index contributed by atoms with van der Waals surface area (Å²) in [6, 6.07) is 19.9. The Bertz CT molecular complexity index is 1270. The number of amides is 4. The molecule has 1 aliphatic rings. The molecule has 0 unspecified atom stereocenters. The number of ether oxygens (including phenoxy) is 2. The molecule has 0 saturated carbocycles. The van der Waals surface area contributed by atoms with Crippen LogP contribution in [0.15, 0.2) is 78.4 Å². The molecule has 1 aliphatic heterocycles. The Kier molecular flexibility index (Phi) is 6.94. The maximum atomic E-state index is 13.2. The van der Waals surface area contributed by atoms with Crippen molar-refractivity contribution in [3.8, 4) is 11.5 Å². The normalized spacial score (nSPS) is 14.8. The van der Waals surface area contributed by atoms with Crippen LogP contribution in [0.4, 0.5) is 10.5 Å². The average molecular weight is 477 g/mol. The summed E-state index contributed by atoms with van der Waals surface area (Å²) in [7, 11) is 0. The molecule has 0 aliphatic carbocycles. The minimum atomic E-state index is -0.820. The summed E-state index contributed by atoms with van der Waals surface area (Å²) < 4.78 is 11.3. The number of nitrogens with zero attached hydrogens (tertiary/aromatic N) is 1. The predicted octanol–water partition coefficient (Wildman–Crippen LogP) is 4.98. The van der Waals surface area contributed by atoms with E-state index in [-0.39, 0.29) is 12.2 Å². The molecule has 172 valence electrons. The highest BCUT2D eigenvalue weighted by Crippen LogP contribution is 2.27. The lowest BCUT2D eigenvalue weighted by molar-refractivity contribution is -0.122. The molecule has 3 aromatic carbocycles. The summed E-state index contributed by atoms with van der Waals surface area (Å²) in [5.74, 6) is -0.454. The highest BCUT2D eigenvalue weighted by molar-refractivity contribution is 6.39. The van der Waals surface area contributed by atoms with Crippen molar-refractivity contribution in [3.05, 3.63) is 94.5 Å². The summed E-state index contributed by atoms with van der Waals surface area (Å²) in [5.41, 5.74) is 1.43. The number of urea groups is 1. The minimum Gasteiger partial charge on any atom is -0.494 e. The van der Waals surface area contributed by atoms with Gasteiger partial charge in [0.2, 0.25) is 0 Å². The smallest absolute Gasteiger partial charge is 0.335 e. The summed E-state index contributed by atoms with van der Waals surface area (Å²) in [6.45, 7) is 2.55. The first kappa shape index (κ1) is 23.1. The SMILES string of the molecule is CCOc1ccc(N2C(=O)NC(=O)/C(=C\c3ccccc3OCc3ccccc3Cl)C2=O)cc1. The van der Waals surface area contributed by atoms with Gasteiger partial charge in [0.05, 0.1) is 12.3 Å². The number of benzene rings is 3. The molecular formula is C26H21ClN2O5. The fourth-order valence-corrected chi connectivity index (χ4v) is 3.60. The van der Waals surface area contributed by atoms with Crippen molar-refractivity contribution in [2.75, 3.05) is 11.5 Å². The van der Waals surface area contributed by atoms with E-state index < -0.39 is 17.8 Å². The van der Waals surface area contributed by atoms with E-state index in [1.54, 1.807) is 54.6 Å². The number of para-hydroxylation sites is 1. The second-order valence-corrected chi connectivity index (χ2v) is 7.71. The number of halogens is 1. The van der Waals surface area contributed by atoms with Gasteiger partial charge in [0.25, 0.3) is 11.8 Å². The molecule has 3 aromatic rings. The molecule has 34 heavy (non-hydrogen) atoms. The van der Waals surface area contributed by atoms with E-state index in [9.17, 15) is 14.4 Å². The van der Waals surface area contributed by atoms with Crippen molar-refractivity contribution in [2.24, 2.45) is 0 Å². The van der Waals surface area contributed by atoms with Crippen molar-refractivity contribution in [1.82, 2.24) is 5.32 Å². The topological polar surface area (TPSA) is 84.9 Å². The van der Waals surface area contributed by atoms with E-state index in [0.717, 1.165) is 10.5 Å². The average Bonchev–Trinajstić information content (AvgIpc) is 2.83. The molecule has 0 radical (unpaired) electrons. The molecule has 4 amide bonds. The van der Waals surface area contributed by atoms with Crippen LogP contribution in [-0.4, -0.2) is 24.5 Å². The Labute approximate surface area is 201 Å². The Morgan fingerprint density at radius 1 is 0.912 bits per heavy atom.